The molecule has 22 heavy (non-hydrogen) atoms. The number of nitrogens with zero attached hydrogens (tertiary/aromatic N) is 2. The standard InChI is InChI=1S/C8H17NO.C7H12F3NO/c1-8(2)9-4-3-6-10-7-5-9;1-11-2-3-12-5-6(4-11)7(8,9)10/h8H,3-7H2,1-2H3;6H,2-5H2,1H3. The molecule has 0 spiro atoms. The van der Waals surface area contributed by atoms with Gasteiger partial charge in [0.15, 0.2) is 0 Å². The van der Waals surface area contributed by atoms with Gasteiger partial charge in [-0.3, -0.25) is 4.90 Å². The number of likely N-dealkylation sites (N-methyl/N-ethyl adjacent to an activating group) is 1. The predicted molar refractivity (Wildman–Crippen MR) is 80.0 cm³/mol. The Morgan fingerprint density at radius 1 is 1.00 bits per heavy atom. The summed E-state index contributed by atoms with van der Waals surface area (Å²) in [5, 5.41) is 0. The molecule has 7 heteroatoms. The van der Waals surface area contributed by atoms with Crippen molar-refractivity contribution in [3.8, 4) is 0 Å². The molecule has 0 N–H and O–H groups in total. The highest BCUT2D eigenvalue weighted by Crippen LogP contribution is 2.27. The summed E-state index contributed by atoms with van der Waals surface area (Å²) in [6.45, 7) is 9.47. The first-order chi connectivity index (χ1) is 10.3. The van der Waals surface area contributed by atoms with Crippen LogP contribution < -0.4 is 0 Å². The molecule has 0 aromatic rings. The number of hydrogen-bond donors (Lipinski definition) is 0. The highest BCUT2D eigenvalue weighted by molar-refractivity contribution is 4.73. The molecule has 0 aliphatic carbocycles. The molecular formula is C15H29F3N2O2. The van der Waals surface area contributed by atoms with Crippen LogP contribution in [0.5, 0.6) is 0 Å². The lowest BCUT2D eigenvalue weighted by atomic mass is 10.1. The number of hydrogen-bond acceptors (Lipinski definition) is 4. The van der Waals surface area contributed by atoms with Crippen molar-refractivity contribution in [3.63, 3.8) is 0 Å². The lowest BCUT2D eigenvalue weighted by Crippen LogP contribution is -2.35. The molecule has 2 aliphatic heterocycles. The molecule has 0 radical (unpaired) electrons. The second-order valence-corrected chi connectivity index (χ2v) is 6.17. The Morgan fingerprint density at radius 3 is 2.32 bits per heavy atom. The molecule has 0 saturated carbocycles. The molecule has 1 atom stereocenters. The lowest BCUT2D eigenvalue weighted by molar-refractivity contribution is -0.186. The van der Waals surface area contributed by atoms with E-state index in [1.54, 1.807) is 11.9 Å². The Hall–Kier alpha value is -0.370. The van der Waals surface area contributed by atoms with Crippen molar-refractivity contribution < 1.29 is 22.6 Å². The lowest BCUT2D eigenvalue weighted by Gasteiger charge is -2.23. The smallest absolute Gasteiger partial charge is 0.380 e. The van der Waals surface area contributed by atoms with E-state index in [-0.39, 0.29) is 13.2 Å². The molecule has 0 aromatic heterocycles. The minimum absolute atomic E-state index is 0.0451. The van der Waals surface area contributed by atoms with Gasteiger partial charge in [-0.1, -0.05) is 0 Å². The van der Waals surface area contributed by atoms with E-state index in [9.17, 15) is 13.2 Å². The molecule has 2 saturated heterocycles. The SMILES string of the molecule is CC(C)N1CCCOCC1.CN1CCOCC(C(F)(F)F)C1. The van der Waals surface area contributed by atoms with Crippen LogP contribution in [-0.2, 0) is 9.47 Å². The van der Waals surface area contributed by atoms with Gasteiger partial charge in [0.05, 0.1) is 25.7 Å². The summed E-state index contributed by atoms with van der Waals surface area (Å²) in [5.74, 6) is -1.33. The molecule has 2 rings (SSSR count). The topological polar surface area (TPSA) is 24.9 Å². The molecule has 0 amide bonds. The molecule has 0 aromatic carbocycles. The van der Waals surface area contributed by atoms with E-state index in [1.807, 2.05) is 0 Å². The number of ether oxygens (including phenoxy) is 2. The first kappa shape index (κ1) is 19.7. The fraction of sp³-hybridized carbons (Fsp3) is 1.00. The average Bonchev–Trinajstić information content (AvgIpc) is 2.80. The monoisotopic (exact) mass is 326 g/mol. The van der Waals surface area contributed by atoms with Crippen LogP contribution in [-0.4, -0.2) is 81.7 Å². The second-order valence-electron chi connectivity index (χ2n) is 6.17. The molecule has 132 valence electrons. The van der Waals surface area contributed by atoms with Crippen molar-refractivity contribution in [1.82, 2.24) is 9.80 Å². The van der Waals surface area contributed by atoms with Crippen LogP contribution in [0.4, 0.5) is 13.2 Å². The predicted octanol–water partition coefficient (Wildman–Crippen LogP) is 2.24. The van der Waals surface area contributed by atoms with Crippen LogP contribution in [0.1, 0.15) is 20.3 Å². The van der Waals surface area contributed by atoms with Gasteiger partial charge in [-0.25, -0.2) is 0 Å². The van der Waals surface area contributed by atoms with Crippen LogP contribution in [0.2, 0.25) is 0 Å². The van der Waals surface area contributed by atoms with Crippen LogP contribution in [0, 0.1) is 5.92 Å². The number of rotatable bonds is 1. The summed E-state index contributed by atoms with van der Waals surface area (Å²) >= 11 is 0. The Labute approximate surface area is 131 Å². The Balaban J connectivity index is 0.000000224. The molecule has 1 unspecified atom stereocenters. The van der Waals surface area contributed by atoms with Crippen molar-refractivity contribution in [1.29, 1.82) is 0 Å². The van der Waals surface area contributed by atoms with Gasteiger partial charge in [0.1, 0.15) is 0 Å². The maximum absolute atomic E-state index is 12.2. The van der Waals surface area contributed by atoms with Gasteiger partial charge >= 0.3 is 6.18 Å². The van der Waals surface area contributed by atoms with Gasteiger partial charge in [0.2, 0.25) is 0 Å². The number of alkyl halides is 3. The fourth-order valence-corrected chi connectivity index (χ4v) is 2.45. The van der Waals surface area contributed by atoms with Gasteiger partial charge in [0.25, 0.3) is 0 Å². The molecule has 4 nitrogen and oxygen atoms in total. The summed E-state index contributed by atoms with van der Waals surface area (Å²) in [5.41, 5.74) is 0. The Bertz CT molecular complexity index is 293. The second kappa shape index (κ2) is 9.70. The quantitative estimate of drug-likeness (QED) is 0.738. The third-order valence-corrected chi connectivity index (χ3v) is 3.92. The van der Waals surface area contributed by atoms with Gasteiger partial charge in [-0.05, 0) is 27.3 Å². The zero-order chi connectivity index (χ0) is 16.6. The molecule has 2 fully saturated rings. The number of halogens is 3. The zero-order valence-corrected chi connectivity index (χ0v) is 13.9. The first-order valence-corrected chi connectivity index (χ1v) is 7.95. The van der Waals surface area contributed by atoms with E-state index in [2.05, 4.69) is 18.7 Å². The van der Waals surface area contributed by atoms with Gasteiger partial charge in [-0.2, -0.15) is 13.2 Å². The van der Waals surface area contributed by atoms with E-state index in [0.717, 1.165) is 19.8 Å². The van der Waals surface area contributed by atoms with Crippen molar-refractivity contribution in [2.24, 2.45) is 5.92 Å². The van der Waals surface area contributed by atoms with Crippen molar-refractivity contribution in [2.45, 2.75) is 32.5 Å². The van der Waals surface area contributed by atoms with E-state index in [4.69, 9.17) is 9.47 Å². The summed E-state index contributed by atoms with van der Waals surface area (Å²) in [6.07, 6.45) is -2.93. The summed E-state index contributed by atoms with van der Waals surface area (Å²) < 4.78 is 46.7. The maximum Gasteiger partial charge on any atom is 0.395 e. The summed E-state index contributed by atoms with van der Waals surface area (Å²) in [6, 6.07) is 0.682. The molecule has 2 heterocycles. The normalized spacial score (nSPS) is 26.0. The van der Waals surface area contributed by atoms with E-state index in [0.29, 0.717) is 19.2 Å². The van der Waals surface area contributed by atoms with E-state index >= 15 is 0 Å². The van der Waals surface area contributed by atoms with Crippen LogP contribution in [0.3, 0.4) is 0 Å². The summed E-state index contributed by atoms with van der Waals surface area (Å²) in [7, 11) is 1.67. The minimum Gasteiger partial charge on any atom is -0.380 e. The molecular weight excluding hydrogens is 297 g/mol. The molecule has 0 bridgehead atoms. The van der Waals surface area contributed by atoms with Crippen molar-refractivity contribution in [2.75, 3.05) is 59.7 Å². The van der Waals surface area contributed by atoms with E-state index < -0.39 is 12.1 Å². The third-order valence-electron chi connectivity index (χ3n) is 3.92. The maximum atomic E-state index is 12.2. The first-order valence-electron chi connectivity index (χ1n) is 7.95. The van der Waals surface area contributed by atoms with Crippen LogP contribution >= 0.6 is 0 Å². The van der Waals surface area contributed by atoms with Gasteiger partial charge < -0.3 is 14.4 Å². The summed E-state index contributed by atoms with van der Waals surface area (Å²) in [4.78, 5) is 4.11. The largest absolute Gasteiger partial charge is 0.395 e. The highest BCUT2D eigenvalue weighted by Gasteiger charge is 2.40. The highest BCUT2D eigenvalue weighted by atomic mass is 19.4. The zero-order valence-electron chi connectivity index (χ0n) is 13.9. The molecule has 2 aliphatic rings. The van der Waals surface area contributed by atoms with Crippen LogP contribution in [0.25, 0.3) is 0 Å². The third kappa shape index (κ3) is 7.76. The Kier molecular flexibility index (Phi) is 8.67. The average molecular weight is 326 g/mol. The van der Waals surface area contributed by atoms with Crippen molar-refractivity contribution in [3.05, 3.63) is 0 Å². The van der Waals surface area contributed by atoms with Gasteiger partial charge in [0, 0.05) is 38.8 Å². The Morgan fingerprint density at radius 2 is 1.68 bits per heavy atom. The van der Waals surface area contributed by atoms with Crippen LogP contribution in [0.15, 0.2) is 0 Å². The van der Waals surface area contributed by atoms with Crippen molar-refractivity contribution >= 4 is 0 Å². The van der Waals surface area contributed by atoms with E-state index in [1.165, 1.54) is 13.0 Å². The van der Waals surface area contributed by atoms with Gasteiger partial charge in [-0.15, -0.1) is 0 Å². The minimum atomic E-state index is -4.13. The fourth-order valence-electron chi connectivity index (χ4n) is 2.45.